The average molecular weight is 769 g/mol. The molecule has 0 saturated carbocycles. The summed E-state index contributed by atoms with van der Waals surface area (Å²) in [6, 6.07) is 0. The van der Waals surface area contributed by atoms with Crippen LogP contribution in [0, 0.1) is 0 Å². The first kappa shape index (κ1) is 51.0. The summed E-state index contributed by atoms with van der Waals surface area (Å²) in [5, 5.41) is 0. The molecule has 9 nitrogen and oxygen atoms in total. The molecule has 0 radical (unpaired) electrons. The molecule has 0 amide bonds. The predicted molar refractivity (Wildman–Crippen MR) is 220 cm³/mol. The number of hydrogen-bond donors (Lipinski definition) is 1. The van der Waals surface area contributed by atoms with Crippen molar-refractivity contribution >= 4 is 19.8 Å². The highest BCUT2D eigenvalue weighted by Gasteiger charge is 2.27. The van der Waals surface area contributed by atoms with Crippen LogP contribution in [0.15, 0.2) is 48.6 Å². The third kappa shape index (κ3) is 39.5. The highest BCUT2D eigenvalue weighted by molar-refractivity contribution is 7.47. The number of allylic oxidation sites excluding steroid dienone is 8. The number of likely N-dealkylation sites (N-methyl/N-ethyl adjacent to an activating group) is 1. The van der Waals surface area contributed by atoms with E-state index in [0.717, 1.165) is 70.6 Å². The number of nitrogens with zero attached hydrogens (tertiary/aromatic N) is 1. The number of phosphoric ester groups is 1. The van der Waals surface area contributed by atoms with Crippen molar-refractivity contribution < 1.29 is 42.1 Å². The first-order valence-corrected chi connectivity index (χ1v) is 22.4. The third-order valence-corrected chi connectivity index (χ3v) is 9.61. The highest BCUT2D eigenvalue weighted by atomic mass is 31.2. The van der Waals surface area contributed by atoms with E-state index in [1.807, 2.05) is 21.1 Å². The van der Waals surface area contributed by atoms with Gasteiger partial charge in [-0.1, -0.05) is 146 Å². The number of carbonyl (C=O) groups is 2. The van der Waals surface area contributed by atoms with Crippen molar-refractivity contribution in [1.82, 2.24) is 0 Å². The summed E-state index contributed by atoms with van der Waals surface area (Å²) in [4.78, 5) is 35.2. The van der Waals surface area contributed by atoms with Crippen LogP contribution in [0.5, 0.6) is 0 Å². The fourth-order valence-corrected chi connectivity index (χ4v) is 6.10. The maximum atomic E-state index is 12.6. The number of phosphoric acid groups is 1. The Morgan fingerprint density at radius 2 is 1.08 bits per heavy atom. The van der Waals surface area contributed by atoms with E-state index in [1.165, 1.54) is 57.8 Å². The molecule has 0 aliphatic carbocycles. The molecular formula is C43H79NO8P+. The first-order valence-electron chi connectivity index (χ1n) is 20.9. The third-order valence-electron chi connectivity index (χ3n) is 8.62. The van der Waals surface area contributed by atoms with E-state index in [2.05, 4.69) is 62.5 Å². The standard InChI is InChI=1S/C43H78NO8P/c1-6-8-10-12-14-16-17-18-19-20-21-22-23-24-25-26-27-28-30-32-34-36-43(46)52-41(40-51-53(47,48)50-38-37-44(3,4)5)39-49-42(45)35-33-31-29-15-13-11-9-7-2/h8,10,14,16,18-19,21-22,41H,6-7,9,11-13,15,17,20,23-40H2,1-5H3/p+1/b10-8-,16-14-,19-18-,22-21-. The summed E-state index contributed by atoms with van der Waals surface area (Å²) in [7, 11) is 1.46. The fraction of sp³-hybridized carbons (Fsp3) is 0.767. The van der Waals surface area contributed by atoms with Crippen molar-refractivity contribution in [3.63, 3.8) is 0 Å². The second-order valence-electron chi connectivity index (χ2n) is 15.0. The zero-order chi connectivity index (χ0) is 39.3. The maximum absolute atomic E-state index is 12.6. The minimum Gasteiger partial charge on any atom is -0.462 e. The lowest BCUT2D eigenvalue weighted by Crippen LogP contribution is -2.37. The largest absolute Gasteiger partial charge is 0.472 e. The van der Waals surface area contributed by atoms with Gasteiger partial charge in [-0.15, -0.1) is 0 Å². The van der Waals surface area contributed by atoms with Gasteiger partial charge in [-0.25, -0.2) is 4.57 Å². The van der Waals surface area contributed by atoms with Crippen molar-refractivity contribution in [3.8, 4) is 0 Å². The Morgan fingerprint density at radius 1 is 0.604 bits per heavy atom. The van der Waals surface area contributed by atoms with Gasteiger partial charge in [0.1, 0.15) is 19.8 Å². The molecule has 0 rings (SSSR count). The lowest BCUT2D eigenvalue weighted by molar-refractivity contribution is -0.870. The minimum absolute atomic E-state index is 0.0291. The van der Waals surface area contributed by atoms with Crippen LogP contribution in [-0.4, -0.2) is 74.9 Å². The smallest absolute Gasteiger partial charge is 0.462 e. The topological polar surface area (TPSA) is 108 Å². The number of quaternary nitrogens is 1. The van der Waals surface area contributed by atoms with Gasteiger partial charge in [0.2, 0.25) is 0 Å². The van der Waals surface area contributed by atoms with Crippen LogP contribution >= 0.6 is 7.82 Å². The second-order valence-corrected chi connectivity index (χ2v) is 16.5. The van der Waals surface area contributed by atoms with Crippen LogP contribution in [0.1, 0.15) is 162 Å². The zero-order valence-corrected chi connectivity index (χ0v) is 35.4. The molecule has 53 heavy (non-hydrogen) atoms. The van der Waals surface area contributed by atoms with Crippen LogP contribution in [0.4, 0.5) is 0 Å². The van der Waals surface area contributed by atoms with E-state index in [9.17, 15) is 19.0 Å². The van der Waals surface area contributed by atoms with Crippen LogP contribution in [-0.2, 0) is 32.7 Å². The number of unbranched alkanes of at least 4 members (excludes halogenated alkanes) is 15. The SMILES string of the molecule is CC/C=C\C/C=C\C/C=C\C/C=C\CCCCCCCCCCC(=O)OC(COC(=O)CCCCCCCCCC)COP(=O)(O)OCC[N+](C)(C)C. The molecule has 0 fully saturated rings. The summed E-state index contributed by atoms with van der Waals surface area (Å²) in [5.74, 6) is -0.814. The molecule has 0 aliphatic heterocycles. The number of hydrogen-bond acceptors (Lipinski definition) is 7. The van der Waals surface area contributed by atoms with Crippen LogP contribution in [0.2, 0.25) is 0 Å². The number of carbonyl (C=O) groups excluding carboxylic acids is 2. The molecule has 308 valence electrons. The Bertz CT molecular complexity index is 1050. The van der Waals surface area contributed by atoms with Crippen molar-refractivity contribution in [2.24, 2.45) is 0 Å². The molecule has 10 heteroatoms. The number of esters is 2. The summed E-state index contributed by atoms with van der Waals surface area (Å²) < 4.78 is 34.2. The molecule has 2 atom stereocenters. The van der Waals surface area contributed by atoms with Crippen molar-refractivity contribution in [1.29, 1.82) is 0 Å². The van der Waals surface area contributed by atoms with Crippen molar-refractivity contribution in [2.45, 2.75) is 168 Å². The molecule has 0 aliphatic rings. The molecule has 0 spiro atoms. The Labute approximate surface area is 324 Å². The Morgan fingerprint density at radius 3 is 1.60 bits per heavy atom. The first-order chi connectivity index (χ1) is 25.5. The van der Waals surface area contributed by atoms with Gasteiger partial charge >= 0.3 is 19.8 Å². The summed E-state index contributed by atoms with van der Waals surface area (Å²) in [6.45, 7) is 4.25. The molecule has 2 unspecified atom stereocenters. The van der Waals surface area contributed by atoms with E-state index in [1.54, 1.807) is 0 Å². The van der Waals surface area contributed by atoms with E-state index in [4.69, 9.17) is 18.5 Å². The number of rotatable bonds is 37. The maximum Gasteiger partial charge on any atom is 0.472 e. The highest BCUT2D eigenvalue weighted by Crippen LogP contribution is 2.43. The molecule has 0 heterocycles. The van der Waals surface area contributed by atoms with E-state index in [0.29, 0.717) is 17.4 Å². The Hall–Kier alpha value is -2.03. The number of ether oxygens (including phenoxy) is 2. The summed E-state index contributed by atoms with van der Waals surface area (Å²) in [6.07, 6.45) is 40.3. The lowest BCUT2D eigenvalue weighted by Gasteiger charge is -2.24. The van der Waals surface area contributed by atoms with E-state index < -0.39 is 26.5 Å². The van der Waals surface area contributed by atoms with Gasteiger partial charge in [0.05, 0.1) is 27.7 Å². The monoisotopic (exact) mass is 769 g/mol. The van der Waals surface area contributed by atoms with Gasteiger partial charge in [-0.2, -0.15) is 0 Å². The summed E-state index contributed by atoms with van der Waals surface area (Å²) in [5.41, 5.74) is 0. The van der Waals surface area contributed by atoms with Crippen LogP contribution in [0.3, 0.4) is 0 Å². The van der Waals surface area contributed by atoms with Gasteiger partial charge in [0, 0.05) is 12.8 Å². The predicted octanol–water partition coefficient (Wildman–Crippen LogP) is 11.5. The molecule has 0 saturated heterocycles. The van der Waals surface area contributed by atoms with Crippen molar-refractivity contribution in [3.05, 3.63) is 48.6 Å². The van der Waals surface area contributed by atoms with Gasteiger partial charge in [-0.05, 0) is 51.4 Å². The molecule has 0 aromatic heterocycles. The summed E-state index contributed by atoms with van der Waals surface area (Å²) >= 11 is 0. The Balaban J connectivity index is 4.30. The molecule has 0 aromatic carbocycles. The molecule has 1 N–H and O–H groups in total. The van der Waals surface area contributed by atoms with Crippen LogP contribution in [0.25, 0.3) is 0 Å². The van der Waals surface area contributed by atoms with E-state index >= 15 is 0 Å². The van der Waals surface area contributed by atoms with Gasteiger partial charge in [0.15, 0.2) is 6.10 Å². The average Bonchev–Trinajstić information content (AvgIpc) is 3.10. The Kier molecular flexibility index (Phi) is 34.3. The van der Waals surface area contributed by atoms with Gasteiger partial charge in [-0.3, -0.25) is 18.6 Å². The molecule has 0 bridgehead atoms. The normalized spacial score (nSPS) is 14.2. The van der Waals surface area contributed by atoms with Crippen molar-refractivity contribution in [2.75, 3.05) is 47.5 Å². The minimum atomic E-state index is -4.37. The van der Waals surface area contributed by atoms with Gasteiger partial charge < -0.3 is 18.9 Å². The molecular weight excluding hydrogens is 689 g/mol. The zero-order valence-electron chi connectivity index (χ0n) is 34.5. The van der Waals surface area contributed by atoms with E-state index in [-0.39, 0.29) is 32.0 Å². The fourth-order valence-electron chi connectivity index (χ4n) is 5.36. The lowest BCUT2D eigenvalue weighted by atomic mass is 10.1. The van der Waals surface area contributed by atoms with Crippen LogP contribution < -0.4 is 0 Å². The quantitative estimate of drug-likeness (QED) is 0.0219. The second kappa shape index (κ2) is 35.7. The van der Waals surface area contributed by atoms with Gasteiger partial charge in [0.25, 0.3) is 0 Å². The molecule has 0 aromatic rings.